The molecule has 0 spiro atoms. The van der Waals surface area contributed by atoms with E-state index in [0.717, 1.165) is 0 Å². The maximum absolute atomic E-state index is 10.7. The van der Waals surface area contributed by atoms with Crippen molar-refractivity contribution >= 4 is 33.7 Å². The second-order valence-electron chi connectivity index (χ2n) is 1.88. The van der Waals surface area contributed by atoms with Crippen molar-refractivity contribution in [1.29, 1.82) is 0 Å². The molecule has 2 N–H and O–H groups in total. The van der Waals surface area contributed by atoms with E-state index in [4.69, 9.17) is 17.3 Å². The molecule has 0 saturated carbocycles. The van der Waals surface area contributed by atoms with Gasteiger partial charge in [-0.2, -0.15) is 0 Å². The second kappa shape index (κ2) is 2.60. The summed E-state index contributed by atoms with van der Waals surface area (Å²) in [5.41, 5.74) is 5.98. The van der Waals surface area contributed by atoms with Crippen molar-refractivity contribution in [2.75, 3.05) is 5.73 Å². The molecule has 2 nitrogen and oxygen atoms in total. The van der Waals surface area contributed by atoms with Crippen molar-refractivity contribution in [2.45, 2.75) is 6.92 Å². The summed E-state index contributed by atoms with van der Waals surface area (Å²) in [6.45, 7) is 1.47. The van der Waals surface area contributed by atoms with Gasteiger partial charge in [0.1, 0.15) is 0 Å². The largest absolute Gasteiger partial charge is 0.390 e. The Labute approximate surface area is 67.6 Å². The molecule has 1 heterocycles. The maximum Gasteiger partial charge on any atom is 0.162 e. The first kappa shape index (κ1) is 7.57. The Bertz CT molecular complexity index is 269. The molecule has 1 aromatic rings. The summed E-state index contributed by atoms with van der Waals surface area (Å²) in [5, 5.41) is 0.498. The van der Waals surface area contributed by atoms with Crippen molar-refractivity contribution in [2.24, 2.45) is 0 Å². The number of hydrogen-bond donors (Lipinski definition) is 1. The van der Waals surface area contributed by atoms with E-state index >= 15 is 0 Å². The molecule has 4 heteroatoms. The zero-order valence-corrected chi connectivity index (χ0v) is 6.92. The highest BCUT2D eigenvalue weighted by atomic mass is 35.5. The fraction of sp³-hybridized carbons (Fsp3) is 0.167. The van der Waals surface area contributed by atoms with Crippen LogP contribution in [-0.4, -0.2) is 5.78 Å². The van der Waals surface area contributed by atoms with Crippen LogP contribution in [0.5, 0.6) is 0 Å². The number of Topliss-reactive ketones (excluding diaryl/α,β-unsaturated/α-hetero) is 1. The molecular weight excluding hydrogens is 170 g/mol. The summed E-state index contributed by atoms with van der Waals surface area (Å²) >= 11 is 6.82. The minimum absolute atomic E-state index is 0.0411. The molecular formula is C6H6ClNOS. The number of rotatable bonds is 1. The van der Waals surface area contributed by atoms with Gasteiger partial charge in [-0.1, -0.05) is 11.6 Å². The van der Waals surface area contributed by atoms with Crippen LogP contribution in [0.2, 0.25) is 4.34 Å². The molecule has 0 fully saturated rings. The van der Waals surface area contributed by atoms with Crippen molar-refractivity contribution in [3.05, 3.63) is 16.0 Å². The van der Waals surface area contributed by atoms with Gasteiger partial charge in [0, 0.05) is 0 Å². The first-order valence-electron chi connectivity index (χ1n) is 2.67. The van der Waals surface area contributed by atoms with Gasteiger partial charge >= 0.3 is 0 Å². The molecule has 0 radical (unpaired) electrons. The summed E-state index contributed by atoms with van der Waals surface area (Å²) in [6, 6.07) is 1.59. The fourth-order valence-electron chi connectivity index (χ4n) is 0.649. The molecule has 0 aliphatic rings. The number of nitrogen functional groups attached to an aromatic ring is 1. The number of ketones is 1. The average molecular weight is 176 g/mol. The van der Waals surface area contributed by atoms with E-state index < -0.39 is 0 Å². The van der Waals surface area contributed by atoms with Crippen LogP contribution >= 0.6 is 22.9 Å². The van der Waals surface area contributed by atoms with Gasteiger partial charge in [-0.05, 0) is 13.0 Å². The van der Waals surface area contributed by atoms with E-state index in [0.29, 0.717) is 14.9 Å². The predicted molar refractivity (Wildman–Crippen MR) is 43.7 cm³/mol. The highest BCUT2D eigenvalue weighted by Gasteiger charge is 2.07. The van der Waals surface area contributed by atoms with E-state index in [-0.39, 0.29) is 5.78 Å². The lowest BCUT2D eigenvalue weighted by Crippen LogP contribution is -1.93. The SMILES string of the molecule is CC(=O)c1cc(Cl)sc1N. The maximum atomic E-state index is 10.7. The normalized spacial score (nSPS) is 9.80. The van der Waals surface area contributed by atoms with Gasteiger partial charge < -0.3 is 5.73 Å². The molecule has 54 valence electrons. The van der Waals surface area contributed by atoms with E-state index in [1.807, 2.05) is 0 Å². The van der Waals surface area contributed by atoms with Gasteiger partial charge in [-0.25, -0.2) is 0 Å². The van der Waals surface area contributed by atoms with Gasteiger partial charge in [-0.15, -0.1) is 11.3 Å². The molecule has 0 saturated heterocycles. The molecule has 0 aliphatic carbocycles. The lowest BCUT2D eigenvalue weighted by atomic mass is 10.2. The highest BCUT2D eigenvalue weighted by molar-refractivity contribution is 7.20. The summed E-state index contributed by atoms with van der Waals surface area (Å²) in [7, 11) is 0. The lowest BCUT2D eigenvalue weighted by molar-refractivity contribution is 0.101. The van der Waals surface area contributed by atoms with Crippen molar-refractivity contribution < 1.29 is 4.79 Å². The Morgan fingerprint density at radius 2 is 2.40 bits per heavy atom. The third-order valence-corrected chi connectivity index (χ3v) is 2.20. The Hall–Kier alpha value is -0.540. The molecule has 0 atom stereocenters. The summed E-state index contributed by atoms with van der Waals surface area (Å²) in [4.78, 5) is 10.7. The molecule has 1 rings (SSSR count). The van der Waals surface area contributed by atoms with Crippen LogP contribution in [0.15, 0.2) is 6.07 Å². The van der Waals surface area contributed by atoms with Crippen LogP contribution in [0, 0.1) is 0 Å². The fourth-order valence-corrected chi connectivity index (χ4v) is 1.71. The molecule has 0 bridgehead atoms. The molecule has 0 amide bonds. The van der Waals surface area contributed by atoms with E-state index in [1.54, 1.807) is 6.07 Å². The Kier molecular flexibility index (Phi) is 1.97. The zero-order chi connectivity index (χ0) is 7.72. The summed E-state index contributed by atoms with van der Waals surface area (Å²) < 4.78 is 0.558. The quantitative estimate of drug-likeness (QED) is 0.665. The first-order valence-corrected chi connectivity index (χ1v) is 3.86. The Morgan fingerprint density at radius 1 is 1.80 bits per heavy atom. The average Bonchev–Trinajstić information content (AvgIpc) is 2.10. The highest BCUT2D eigenvalue weighted by Crippen LogP contribution is 2.28. The minimum Gasteiger partial charge on any atom is -0.390 e. The van der Waals surface area contributed by atoms with Crippen LogP contribution in [0.4, 0.5) is 5.00 Å². The van der Waals surface area contributed by atoms with E-state index in [9.17, 15) is 4.79 Å². The number of halogens is 1. The number of hydrogen-bond acceptors (Lipinski definition) is 3. The van der Waals surface area contributed by atoms with Crippen LogP contribution in [0.1, 0.15) is 17.3 Å². The number of carbonyl (C=O) groups excluding carboxylic acids is 1. The summed E-state index contributed by atoms with van der Waals surface area (Å²) in [5.74, 6) is -0.0411. The van der Waals surface area contributed by atoms with Gasteiger partial charge in [-0.3, -0.25) is 4.79 Å². The van der Waals surface area contributed by atoms with Crippen LogP contribution in [0.25, 0.3) is 0 Å². The van der Waals surface area contributed by atoms with Crippen LogP contribution in [-0.2, 0) is 0 Å². The first-order chi connectivity index (χ1) is 4.61. The van der Waals surface area contributed by atoms with E-state index in [1.165, 1.54) is 18.3 Å². The Balaban J connectivity index is 3.15. The van der Waals surface area contributed by atoms with Gasteiger partial charge in [0.2, 0.25) is 0 Å². The number of anilines is 1. The smallest absolute Gasteiger partial charge is 0.162 e. The minimum atomic E-state index is -0.0411. The number of nitrogens with two attached hydrogens (primary N) is 1. The monoisotopic (exact) mass is 175 g/mol. The van der Waals surface area contributed by atoms with Crippen molar-refractivity contribution in [3.8, 4) is 0 Å². The molecule has 0 unspecified atom stereocenters. The molecule has 1 aromatic heterocycles. The van der Waals surface area contributed by atoms with Gasteiger partial charge in [0.25, 0.3) is 0 Å². The number of carbonyl (C=O) groups is 1. The zero-order valence-electron chi connectivity index (χ0n) is 5.35. The molecule has 0 aromatic carbocycles. The third-order valence-electron chi connectivity index (χ3n) is 1.11. The van der Waals surface area contributed by atoms with Crippen molar-refractivity contribution in [1.82, 2.24) is 0 Å². The van der Waals surface area contributed by atoms with Crippen molar-refractivity contribution in [3.63, 3.8) is 0 Å². The molecule has 0 aliphatic heterocycles. The molecule has 10 heavy (non-hydrogen) atoms. The van der Waals surface area contributed by atoms with Crippen LogP contribution < -0.4 is 5.73 Å². The number of thiophene rings is 1. The van der Waals surface area contributed by atoms with E-state index in [2.05, 4.69) is 0 Å². The summed E-state index contributed by atoms with van der Waals surface area (Å²) in [6.07, 6.45) is 0. The standard InChI is InChI=1S/C6H6ClNOS/c1-3(9)4-2-5(7)10-6(4)8/h2H,8H2,1H3. The second-order valence-corrected chi connectivity index (χ2v) is 3.60. The van der Waals surface area contributed by atoms with Gasteiger partial charge in [0.15, 0.2) is 5.78 Å². The van der Waals surface area contributed by atoms with Crippen LogP contribution in [0.3, 0.4) is 0 Å². The predicted octanol–water partition coefficient (Wildman–Crippen LogP) is 2.19. The van der Waals surface area contributed by atoms with Gasteiger partial charge in [0.05, 0.1) is 14.9 Å². The lowest BCUT2D eigenvalue weighted by Gasteiger charge is -1.87. The third kappa shape index (κ3) is 1.30. The topological polar surface area (TPSA) is 43.1 Å². The Morgan fingerprint density at radius 3 is 2.60 bits per heavy atom.